The molecule has 160 valence electrons. The molecule has 4 rings (SSSR count). The maximum absolute atomic E-state index is 12.6. The van der Waals surface area contributed by atoms with Crippen LogP contribution in [0.3, 0.4) is 0 Å². The number of aliphatic hydroxyl groups excluding tert-OH is 1. The Morgan fingerprint density at radius 3 is 2.68 bits per heavy atom. The zero-order valence-corrected chi connectivity index (χ0v) is 18.1. The molecule has 8 heteroatoms. The monoisotopic (exact) mass is 418 g/mol. The van der Waals surface area contributed by atoms with Crippen LogP contribution >= 0.6 is 0 Å². The van der Waals surface area contributed by atoms with Crippen LogP contribution in [0.5, 0.6) is 0 Å². The molecule has 4 aromatic heterocycles. The van der Waals surface area contributed by atoms with Gasteiger partial charge in [-0.1, -0.05) is 19.9 Å². The summed E-state index contributed by atoms with van der Waals surface area (Å²) in [5.74, 6) is 0.722. The molecule has 4 aromatic rings. The zero-order chi connectivity index (χ0) is 22.1. The normalized spacial score (nSPS) is 12.5. The number of fused-ring (bicyclic) bond motifs is 1. The van der Waals surface area contributed by atoms with Crippen molar-refractivity contribution in [1.82, 2.24) is 29.7 Å². The second kappa shape index (κ2) is 8.31. The van der Waals surface area contributed by atoms with Crippen molar-refractivity contribution in [2.24, 2.45) is 0 Å². The summed E-state index contributed by atoms with van der Waals surface area (Å²) in [5, 5.41) is 21.1. The Hall–Kier alpha value is -3.52. The topological polar surface area (TPSA) is 97.3 Å². The van der Waals surface area contributed by atoms with Crippen molar-refractivity contribution in [2.45, 2.75) is 39.7 Å². The van der Waals surface area contributed by atoms with E-state index in [4.69, 9.17) is 0 Å². The van der Waals surface area contributed by atoms with Gasteiger partial charge in [-0.3, -0.25) is 4.79 Å². The van der Waals surface area contributed by atoms with E-state index in [0.29, 0.717) is 11.1 Å². The van der Waals surface area contributed by atoms with Gasteiger partial charge in [0.05, 0.1) is 35.3 Å². The number of carbonyl (C=O) groups is 1. The van der Waals surface area contributed by atoms with Crippen LogP contribution in [0.2, 0.25) is 0 Å². The second-order valence-electron chi connectivity index (χ2n) is 8.01. The molecular weight excluding hydrogens is 392 g/mol. The summed E-state index contributed by atoms with van der Waals surface area (Å²) in [4.78, 5) is 17.3. The van der Waals surface area contributed by atoms with E-state index in [9.17, 15) is 9.90 Å². The molecule has 0 saturated heterocycles. The molecule has 0 radical (unpaired) electrons. The van der Waals surface area contributed by atoms with Crippen molar-refractivity contribution in [2.75, 3.05) is 6.54 Å². The molecule has 1 unspecified atom stereocenters. The van der Waals surface area contributed by atoms with Gasteiger partial charge in [-0.15, -0.1) is 0 Å². The van der Waals surface area contributed by atoms with Gasteiger partial charge in [-0.25, -0.2) is 14.2 Å². The Kier molecular flexibility index (Phi) is 5.56. The van der Waals surface area contributed by atoms with E-state index in [1.165, 1.54) is 0 Å². The first-order valence-corrected chi connectivity index (χ1v) is 10.3. The van der Waals surface area contributed by atoms with Crippen LogP contribution in [0.15, 0.2) is 48.9 Å². The first kappa shape index (κ1) is 20.7. The molecule has 0 aliphatic heterocycles. The highest BCUT2D eigenvalue weighted by molar-refractivity contribution is 6.01. The first-order chi connectivity index (χ1) is 14.8. The Bertz CT molecular complexity index is 1240. The summed E-state index contributed by atoms with van der Waals surface area (Å²) in [6.45, 7) is 8.01. The predicted molar refractivity (Wildman–Crippen MR) is 118 cm³/mol. The number of rotatable bonds is 6. The Balaban J connectivity index is 1.84. The molecule has 4 heterocycles. The number of amides is 1. The van der Waals surface area contributed by atoms with Crippen molar-refractivity contribution in [1.29, 1.82) is 0 Å². The van der Waals surface area contributed by atoms with Crippen LogP contribution in [0.25, 0.3) is 22.6 Å². The molecule has 0 aromatic carbocycles. The van der Waals surface area contributed by atoms with Gasteiger partial charge in [0.25, 0.3) is 5.91 Å². The van der Waals surface area contributed by atoms with Crippen molar-refractivity contribution < 1.29 is 9.90 Å². The average Bonchev–Trinajstić information content (AvgIpc) is 3.36. The van der Waals surface area contributed by atoms with Gasteiger partial charge in [-0.2, -0.15) is 10.2 Å². The van der Waals surface area contributed by atoms with E-state index < -0.39 is 6.10 Å². The summed E-state index contributed by atoms with van der Waals surface area (Å²) in [6, 6.07) is 9.75. The summed E-state index contributed by atoms with van der Waals surface area (Å²) in [7, 11) is 0. The van der Waals surface area contributed by atoms with Gasteiger partial charge < -0.3 is 10.4 Å². The Labute approximate surface area is 180 Å². The molecule has 0 saturated carbocycles. The summed E-state index contributed by atoms with van der Waals surface area (Å²) < 4.78 is 3.51. The number of hydrogen-bond acceptors (Lipinski definition) is 5. The molecule has 0 fully saturated rings. The fourth-order valence-corrected chi connectivity index (χ4v) is 3.53. The molecule has 0 spiro atoms. The molecule has 0 bridgehead atoms. The molecule has 1 amide bonds. The smallest absolute Gasteiger partial charge is 0.255 e. The molecular formula is C23H26N6O2. The van der Waals surface area contributed by atoms with Crippen LogP contribution in [-0.2, 0) is 0 Å². The fraction of sp³-hybridized carbons (Fsp3) is 0.304. The highest BCUT2D eigenvalue weighted by Gasteiger charge is 2.20. The quantitative estimate of drug-likeness (QED) is 0.501. The minimum atomic E-state index is -0.619. The summed E-state index contributed by atoms with van der Waals surface area (Å²) in [6.07, 6.45) is 4.63. The number of nitrogens with zero attached hydrogens (tertiary/aromatic N) is 5. The SMILES string of the molecule is Cc1cccc(-n2ncc(C(C)C)c2-c2ccn3ncc(C(=O)NCC(C)O)c3c2)n1. The maximum atomic E-state index is 12.6. The maximum Gasteiger partial charge on any atom is 0.255 e. The van der Waals surface area contributed by atoms with Gasteiger partial charge in [0.15, 0.2) is 5.82 Å². The number of hydrogen-bond donors (Lipinski definition) is 2. The van der Waals surface area contributed by atoms with Crippen molar-refractivity contribution >= 4 is 11.4 Å². The number of carbonyl (C=O) groups excluding carboxylic acids is 1. The molecule has 0 aliphatic rings. The highest BCUT2D eigenvalue weighted by Crippen LogP contribution is 2.32. The number of aryl methyl sites for hydroxylation is 1. The molecule has 31 heavy (non-hydrogen) atoms. The third-order valence-electron chi connectivity index (χ3n) is 5.11. The van der Waals surface area contributed by atoms with Gasteiger partial charge in [-0.05, 0) is 44.0 Å². The highest BCUT2D eigenvalue weighted by atomic mass is 16.3. The lowest BCUT2D eigenvalue weighted by Gasteiger charge is -2.12. The van der Waals surface area contributed by atoms with E-state index in [1.54, 1.807) is 17.6 Å². The number of aromatic nitrogens is 5. The third-order valence-corrected chi connectivity index (χ3v) is 5.11. The predicted octanol–water partition coefficient (Wildman–Crippen LogP) is 3.12. The van der Waals surface area contributed by atoms with Gasteiger partial charge >= 0.3 is 0 Å². The number of nitrogens with one attached hydrogen (secondary N) is 1. The fourth-order valence-electron chi connectivity index (χ4n) is 3.53. The van der Waals surface area contributed by atoms with E-state index in [0.717, 1.165) is 28.3 Å². The van der Waals surface area contributed by atoms with Crippen molar-refractivity contribution in [3.63, 3.8) is 0 Å². The van der Waals surface area contributed by atoms with Gasteiger partial charge in [0.2, 0.25) is 0 Å². The Morgan fingerprint density at radius 1 is 1.16 bits per heavy atom. The molecule has 8 nitrogen and oxygen atoms in total. The second-order valence-corrected chi connectivity index (χ2v) is 8.01. The largest absolute Gasteiger partial charge is 0.392 e. The summed E-state index contributed by atoms with van der Waals surface area (Å²) >= 11 is 0. The average molecular weight is 419 g/mol. The zero-order valence-electron chi connectivity index (χ0n) is 18.1. The lowest BCUT2D eigenvalue weighted by Crippen LogP contribution is -2.30. The molecule has 1 atom stereocenters. The van der Waals surface area contributed by atoms with Crippen LogP contribution in [-0.4, -0.2) is 48.0 Å². The number of aliphatic hydroxyl groups is 1. The van der Waals surface area contributed by atoms with Gasteiger partial charge in [0, 0.05) is 29.6 Å². The van der Waals surface area contributed by atoms with Crippen LogP contribution < -0.4 is 5.32 Å². The first-order valence-electron chi connectivity index (χ1n) is 10.3. The van der Waals surface area contributed by atoms with E-state index in [1.807, 2.05) is 54.3 Å². The third kappa shape index (κ3) is 4.06. The van der Waals surface area contributed by atoms with Crippen molar-refractivity contribution in [3.05, 3.63) is 65.7 Å². The lowest BCUT2D eigenvalue weighted by molar-refractivity contribution is 0.0925. The Morgan fingerprint density at radius 2 is 1.97 bits per heavy atom. The van der Waals surface area contributed by atoms with Gasteiger partial charge in [0.1, 0.15) is 0 Å². The van der Waals surface area contributed by atoms with E-state index >= 15 is 0 Å². The minimum absolute atomic E-state index is 0.180. The molecule has 0 aliphatic carbocycles. The molecule has 2 N–H and O–H groups in total. The van der Waals surface area contributed by atoms with Crippen molar-refractivity contribution in [3.8, 4) is 17.1 Å². The van der Waals surface area contributed by atoms with Crippen LogP contribution in [0.4, 0.5) is 0 Å². The minimum Gasteiger partial charge on any atom is -0.392 e. The van der Waals surface area contributed by atoms with Crippen LogP contribution in [0.1, 0.15) is 48.3 Å². The van der Waals surface area contributed by atoms with E-state index in [-0.39, 0.29) is 18.4 Å². The number of pyridine rings is 2. The van der Waals surface area contributed by atoms with Crippen LogP contribution in [0, 0.1) is 6.92 Å². The van der Waals surface area contributed by atoms with E-state index in [2.05, 4.69) is 34.3 Å². The standard InChI is InChI=1S/C23H26N6O2/c1-14(2)18-12-26-29(21-7-5-6-15(3)27-21)22(18)17-8-9-28-20(10-17)19(13-25-28)23(31)24-11-16(4)30/h5-10,12-14,16,30H,11H2,1-4H3,(H,24,31). The summed E-state index contributed by atoms with van der Waals surface area (Å²) in [5.41, 5.74) is 4.99. The lowest BCUT2D eigenvalue weighted by atomic mass is 9.99.